The highest BCUT2D eigenvalue weighted by Crippen LogP contribution is 2.14. The third-order valence-corrected chi connectivity index (χ3v) is 2.98. The minimum atomic E-state index is -0.928. The van der Waals surface area contributed by atoms with E-state index in [1.807, 2.05) is 31.2 Å². The molecule has 0 aliphatic rings. The first-order chi connectivity index (χ1) is 10.0. The zero-order valence-electron chi connectivity index (χ0n) is 12.4. The molecule has 0 fully saturated rings. The summed E-state index contributed by atoms with van der Waals surface area (Å²) in [6.45, 7) is 2.71. The Kier molecular flexibility index (Phi) is 7.08. The fourth-order valence-electron chi connectivity index (χ4n) is 1.85. The lowest BCUT2D eigenvalue weighted by Crippen LogP contribution is -2.39. The van der Waals surface area contributed by atoms with Gasteiger partial charge in [0.2, 0.25) is 0 Å². The molecule has 1 rings (SSSR count). The molecule has 0 saturated carbocycles. The number of aliphatic carboxylic acids is 1. The van der Waals surface area contributed by atoms with Gasteiger partial charge in [0.1, 0.15) is 5.75 Å². The minimum Gasteiger partial charge on any atom is -0.497 e. The molecule has 116 valence electrons. The van der Waals surface area contributed by atoms with Crippen LogP contribution in [0, 0.1) is 5.92 Å². The van der Waals surface area contributed by atoms with Gasteiger partial charge in [0, 0.05) is 13.1 Å². The van der Waals surface area contributed by atoms with Crippen LogP contribution in [0.2, 0.25) is 0 Å². The molecule has 0 heterocycles. The van der Waals surface area contributed by atoms with Crippen molar-refractivity contribution < 1.29 is 19.4 Å². The first-order valence-corrected chi connectivity index (χ1v) is 6.87. The van der Waals surface area contributed by atoms with E-state index in [1.165, 1.54) is 5.56 Å². The normalized spacial score (nSPS) is 11.5. The van der Waals surface area contributed by atoms with Gasteiger partial charge in [0.25, 0.3) is 0 Å². The second-order valence-electron chi connectivity index (χ2n) is 4.94. The number of hydrogen-bond donors (Lipinski definition) is 3. The Labute approximate surface area is 124 Å². The summed E-state index contributed by atoms with van der Waals surface area (Å²) in [6, 6.07) is 7.49. The van der Waals surface area contributed by atoms with Crippen LogP contribution in [0.25, 0.3) is 0 Å². The molecule has 0 saturated heterocycles. The molecule has 1 aromatic carbocycles. The van der Waals surface area contributed by atoms with E-state index in [1.54, 1.807) is 7.11 Å². The average Bonchev–Trinajstić information content (AvgIpc) is 2.45. The number of methoxy groups -OCH3 is 1. The van der Waals surface area contributed by atoms with E-state index in [2.05, 4.69) is 10.6 Å². The lowest BCUT2D eigenvalue weighted by molar-refractivity contribution is -0.136. The number of carboxylic acid groups (broad SMARTS) is 1. The van der Waals surface area contributed by atoms with E-state index in [4.69, 9.17) is 9.84 Å². The third kappa shape index (κ3) is 7.20. The quantitative estimate of drug-likeness (QED) is 0.680. The molecule has 1 atom stereocenters. The standard InChI is InChI=1S/C15H22N2O4/c1-11(9-12-3-5-13(21-2)6-4-12)10-17-15(20)16-8-7-14(18)19/h3-6,11H,7-10H2,1-2H3,(H,18,19)(H2,16,17,20). The molecule has 6 heteroatoms. The summed E-state index contributed by atoms with van der Waals surface area (Å²) in [5.74, 6) is 0.175. The highest BCUT2D eigenvalue weighted by Gasteiger charge is 2.07. The van der Waals surface area contributed by atoms with Gasteiger partial charge in [-0.25, -0.2) is 4.79 Å². The highest BCUT2D eigenvalue weighted by atomic mass is 16.5. The maximum Gasteiger partial charge on any atom is 0.314 e. The molecular formula is C15H22N2O4. The van der Waals surface area contributed by atoms with Gasteiger partial charge in [0.05, 0.1) is 13.5 Å². The SMILES string of the molecule is COc1ccc(CC(C)CNC(=O)NCCC(=O)O)cc1. The summed E-state index contributed by atoms with van der Waals surface area (Å²) < 4.78 is 5.10. The zero-order valence-corrected chi connectivity index (χ0v) is 12.4. The van der Waals surface area contributed by atoms with E-state index in [9.17, 15) is 9.59 Å². The van der Waals surface area contributed by atoms with Crippen LogP contribution in [0.15, 0.2) is 24.3 Å². The lowest BCUT2D eigenvalue weighted by Gasteiger charge is -2.13. The summed E-state index contributed by atoms with van der Waals surface area (Å²) in [6.07, 6.45) is 0.772. The number of amides is 2. The van der Waals surface area contributed by atoms with Crippen molar-refractivity contribution in [2.75, 3.05) is 20.2 Å². The zero-order chi connectivity index (χ0) is 15.7. The third-order valence-electron chi connectivity index (χ3n) is 2.98. The van der Waals surface area contributed by atoms with Crippen molar-refractivity contribution in [3.63, 3.8) is 0 Å². The largest absolute Gasteiger partial charge is 0.497 e. The fraction of sp³-hybridized carbons (Fsp3) is 0.467. The van der Waals surface area contributed by atoms with E-state index in [-0.39, 0.29) is 24.9 Å². The number of hydrogen-bond acceptors (Lipinski definition) is 3. The Morgan fingerprint density at radius 3 is 2.48 bits per heavy atom. The molecule has 1 unspecified atom stereocenters. The van der Waals surface area contributed by atoms with Crippen LogP contribution in [0.4, 0.5) is 4.79 Å². The van der Waals surface area contributed by atoms with Gasteiger partial charge < -0.3 is 20.5 Å². The van der Waals surface area contributed by atoms with Crippen molar-refractivity contribution in [2.24, 2.45) is 5.92 Å². The number of rotatable bonds is 8. The van der Waals surface area contributed by atoms with Gasteiger partial charge in [-0.1, -0.05) is 19.1 Å². The van der Waals surface area contributed by atoms with Gasteiger partial charge in [-0.3, -0.25) is 4.79 Å². The van der Waals surface area contributed by atoms with Gasteiger partial charge in [-0.15, -0.1) is 0 Å². The number of carboxylic acids is 1. The molecule has 0 aromatic heterocycles. The Morgan fingerprint density at radius 1 is 1.24 bits per heavy atom. The summed E-state index contributed by atoms with van der Waals surface area (Å²) >= 11 is 0. The van der Waals surface area contributed by atoms with Crippen LogP contribution in [0.5, 0.6) is 5.75 Å². The second kappa shape index (κ2) is 8.84. The molecule has 6 nitrogen and oxygen atoms in total. The van der Waals surface area contributed by atoms with Gasteiger partial charge in [-0.05, 0) is 30.0 Å². The molecule has 21 heavy (non-hydrogen) atoms. The number of urea groups is 1. The van der Waals surface area contributed by atoms with Crippen LogP contribution < -0.4 is 15.4 Å². The molecule has 0 aliphatic carbocycles. The second-order valence-corrected chi connectivity index (χ2v) is 4.94. The van der Waals surface area contributed by atoms with Crippen molar-refractivity contribution >= 4 is 12.0 Å². The van der Waals surface area contributed by atoms with E-state index < -0.39 is 5.97 Å². The molecule has 0 aliphatic heterocycles. The summed E-state index contributed by atoms with van der Waals surface area (Å²) in [4.78, 5) is 21.7. The number of benzene rings is 1. The summed E-state index contributed by atoms with van der Waals surface area (Å²) in [5.41, 5.74) is 1.18. The van der Waals surface area contributed by atoms with Crippen LogP contribution in [0.3, 0.4) is 0 Å². The monoisotopic (exact) mass is 294 g/mol. The maximum atomic E-state index is 11.4. The van der Waals surface area contributed by atoms with Crippen molar-refractivity contribution in [1.29, 1.82) is 0 Å². The van der Waals surface area contributed by atoms with Gasteiger partial charge >= 0.3 is 12.0 Å². The van der Waals surface area contributed by atoms with Crippen molar-refractivity contribution in [2.45, 2.75) is 19.8 Å². The highest BCUT2D eigenvalue weighted by molar-refractivity contribution is 5.74. The Morgan fingerprint density at radius 2 is 1.90 bits per heavy atom. The first kappa shape index (κ1) is 16.8. The number of ether oxygens (including phenoxy) is 1. The summed E-state index contributed by atoms with van der Waals surface area (Å²) in [5, 5.41) is 13.7. The van der Waals surface area contributed by atoms with Crippen molar-refractivity contribution in [1.82, 2.24) is 10.6 Å². The van der Waals surface area contributed by atoms with Crippen molar-refractivity contribution in [3.05, 3.63) is 29.8 Å². The number of nitrogens with one attached hydrogen (secondary N) is 2. The Bertz CT molecular complexity index is 459. The lowest BCUT2D eigenvalue weighted by atomic mass is 10.0. The Hall–Kier alpha value is -2.24. The van der Waals surface area contributed by atoms with Crippen LogP contribution >= 0.6 is 0 Å². The maximum absolute atomic E-state index is 11.4. The Balaban J connectivity index is 2.24. The molecular weight excluding hydrogens is 272 g/mol. The molecule has 2 amide bonds. The van der Waals surface area contributed by atoms with Gasteiger partial charge in [0.15, 0.2) is 0 Å². The number of carbonyl (C=O) groups excluding carboxylic acids is 1. The molecule has 0 spiro atoms. The molecule has 1 aromatic rings. The van der Waals surface area contributed by atoms with Crippen LogP contribution in [-0.4, -0.2) is 37.3 Å². The van der Waals surface area contributed by atoms with Gasteiger partial charge in [-0.2, -0.15) is 0 Å². The predicted molar refractivity (Wildman–Crippen MR) is 79.5 cm³/mol. The smallest absolute Gasteiger partial charge is 0.314 e. The molecule has 3 N–H and O–H groups in total. The summed E-state index contributed by atoms with van der Waals surface area (Å²) in [7, 11) is 1.63. The predicted octanol–water partition coefficient (Wildman–Crippen LogP) is 1.65. The van der Waals surface area contributed by atoms with Crippen LogP contribution in [0.1, 0.15) is 18.9 Å². The molecule has 0 bridgehead atoms. The fourth-order valence-corrected chi connectivity index (χ4v) is 1.85. The first-order valence-electron chi connectivity index (χ1n) is 6.87. The van der Waals surface area contributed by atoms with E-state index in [0.29, 0.717) is 6.54 Å². The average molecular weight is 294 g/mol. The molecule has 0 radical (unpaired) electrons. The number of carbonyl (C=O) groups is 2. The van der Waals surface area contributed by atoms with Crippen molar-refractivity contribution in [3.8, 4) is 5.75 Å². The van der Waals surface area contributed by atoms with E-state index >= 15 is 0 Å². The topological polar surface area (TPSA) is 87.7 Å². The van der Waals surface area contributed by atoms with E-state index in [0.717, 1.165) is 12.2 Å². The minimum absolute atomic E-state index is 0.0746. The van der Waals surface area contributed by atoms with Crippen LogP contribution in [-0.2, 0) is 11.2 Å².